The highest BCUT2D eigenvalue weighted by molar-refractivity contribution is 6.12. The topological polar surface area (TPSA) is 88.6 Å². The number of carbonyl (C=O) groups is 1. The molecule has 0 unspecified atom stereocenters. The van der Waals surface area contributed by atoms with Crippen LogP contribution in [-0.4, -0.2) is 30.1 Å². The smallest absolute Gasteiger partial charge is 0.248 e. The number of rotatable bonds is 3. The predicted molar refractivity (Wildman–Crippen MR) is 88.9 cm³/mol. The Morgan fingerprint density at radius 3 is 2.38 bits per heavy atom. The number of aromatic hydroxyl groups is 1. The number of aryl methyl sites for hydroxylation is 1. The first-order valence-electron chi connectivity index (χ1n) is 7.46. The fourth-order valence-electron chi connectivity index (χ4n) is 2.81. The number of nitrogens with one attached hydrogen (secondary N) is 1. The quantitative estimate of drug-likeness (QED) is 0.845. The lowest BCUT2D eigenvalue weighted by Gasteiger charge is -2.17. The highest BCUT2D eigenvalue weighted by Crippen LogP contribution is 2.38. The molecular weight excluding hydrogens is 310 g/mol. The average molecular weight is 327 g/mol. The number of aromatic amines is 1. The Hall–Kier alpha value is -3.02. The summed E-state index contributed by atoms with van der Waals surface area (Å²) < 4.78 is 10.3. The zero-order valence-electron chi connectivity index (χ0n) is 13.4. The van der Waals surface area contributed by atoms with Crippen molar-refractivity contribution >= 4 is 11.9 Å². The number of carbonyl (C=O) groups excluding carboxylic acids is 1. The molecule has 24 heavy (non-hydrogen) atoms. The number of Topliss-reactive ketones (excluding diaryl/α,β-unsaturated/α-hetero) is 1. The second kappa shape index (κ2) is 6.23. The van der Waals surface area contributed by atoms with E-state index in [2.05, 4.69) is 4.98 Å². The minimum atomic E-state index is -0.206. The van der Waals surface area contributed by atoms with Crippen molar-refractivity contribution in [3.8, 4) is 17.2 Å². The van der Waals surface area contributed by atoms with Crippen LogP contribution in [-0.2, 0) is 6.42 Å². The van der Waals surface area contributed by atoms with Gasteiger partial charge in [0.1, 0.15) is 0 Å². The van der Waals surface area contributed by atoms with Crippen molar-refractivity contribution in [3.05, 3.63) is 57.0 Å². The number of benzene rings is 1. The van der Waals surface area contributed by atoms with Gasteiger partial charge in [0.2, 0.25) is 11.3 Å². The Morgan fingerprint density at radius 1 is 1.08 bits per heavy atom. The first kappa shape index (κ1) is 15.9. The van der Waals surface area contributed by atoms with Gasteiger partial charge in [-0.25, -0.2) is 0 Å². The van der Waals surface area contributed by atoms with Crippen LogP contribution in [0.15, 0.2) is 34.6 Å². The van der Waals surface area contributed by atoms with Crippen molar-refractivity contribution in [3.63, 3.8) is 0 Å². The van der Waals surface area contributed by atoms with Crippen LogP contribution in [0, 0.1) is 0 Å². The monoisotopic (exact) mass is 327 g/mol. The molecule has 2 aromatic rings. The Kier molecular flexibility index (Phi) is 4.12. The number of ketones is 1. The van der Waals surface area contributed by atoms with E-state index in [1.807, 2.05) is 0 Å². The maximum absolute atomic E-state index is 12.6. The summed E-state index contributed by atoms with van der Waals surface area (Å²) in [6.07, 6.45) is 2.87. The number of fused-ring (bicyclic) bond motifs is 1. The van der Waals surface area contributed by atoms with Gasteiger partial charge >= 0.3 is 0 Å². The van der Waals surface area contributed by atoms with Gasteiger partial charge in [-0.1, -0.05) is 0 Å². The van der Waals surface area contributed by atoms with Gasteiger partial charge in [0.15, 0.2) is 17.3 Å². The number of pyridine rings is 1. The molecule has 0 amide bonds. The molecule has 0 atom stereocenters. The summed E-state index contributed by atoms with van der Waals surface area (Å²) in [4.78, 5) is 26.7. The molecule has 0 radical (unpaired) electrons. The minimum Gasteiger partial charge on any atom is -0.502 e. The number of hydrogen-bond acceptors (Lipinski definition) is 5. The number of phenols is 1. The van der Waals surface area contributed by atoms with Gasteiger partial charge in [0.05, 0.1) is 14.2 Å². The molecule has 1 aromatic heterocycles. The Balaban J connectivity index is 2.02. The molecule has 6 heteroatoms. The number of phenolic OH excluding ortho intramolecular Hbond substituents is 1. The molecule has 124 valence electrons. The third-order valence-electron chi connectivity index (χ3n) is 4.02. The molecule has 0 saturated carbocycles. The van der Waals surface area contributed by atoms with Gasteiger partial charge in [-0.15, -0.1) is 0 Å². The largest absolute Gasteiger partial charge is 0.502 e. The molecule has 0 saturated heterocycles. The highest BCUT2D eigenvalue weighted by Gasteiger charge is 2.22. The van der Waals surface area contributed by atoms with Crippen molar-refractivity contribution in [1.29, 1.82) is 0 Å². The molecule has 1 aliphatic carbocycles. The van der Waals surface area contributed by atoms with Crippen molar-refractivity contribution in [1.82, 2.24) is 4.98 Å². The normalized spacial score (nSPS) is 15.2. The van der Waals surface area contributed by atoms with Crippen molar-refractivity contribution in [2.75, 3.05) is 14.2 Å². The summed E-state index contributed by atoms with van der Waals surface area (Å²) in [5.74, 6) is 0.349. The highest BCUT2D eigenvalue weighted by atomic mass is 16.5. The number of ether oxygens (including phenoxy) is 2. The van der Waals surface area contributed by atoms with Gasteiger partial charge < -0.3 is 19.6 Å². The number of H-pyrrole nitrogens is 1. The van der Waals surface area contributed by atoms with Gasteiger partial charge in [0, 0.05) is 22.9 Å². The number of aromatic nitrogens is 1. The molecule has 2 N–H and O–H groups in total. The van der Waals surface area contributed by atoms with Gasteiger partial charge in [0.25, 0.3) is 0 Å². The Morgan fingerprint density at radius 2 is 1.75 bits per heavy atom. The fraction of sp³-hybridized carbons (Fsp3) is 0.222. The van der Waals surface area contributed by atoms with Crippen LogP contribution in [0.3, 0.4) is 0 Å². The molecule has 6 nitrogen and oxygen atoms in total. The summed E-state index contributed by atoms with van der Waals surface area (Å²) in [6.45, 7) is 0. The number of allylic oxidation sites excluding steroid dienone is 1. The van der Waals surface area contributed by atoms with Crippen LogP contribution in [0.5, 0.6) is 17.2 Å². The van der Waals surface area contributed by atoms with E-state index in [0.29, 0.717) is 35.2 Å². The molecule has 0 aliphatic heterocycles. The lowest BCUT2D eigenvalue weighted by atomic mass is 9.89. The van der Waals surface area contributed by atoms with E-state index in [1.54, 1.807) is 24.3 Å². The average Bonchev–Trinajstić information content (AvgIpc) is 2.58. The summed E-state index contributed by atoms with van der Waals surface area (Å²) in [7, 11) is 2.90. The summed E-state index contributed by atoms with van der Waals surface area (Å²) in [5.41, 5.74) is 2.30. The molecule has 1 aliphatic rings. The third kappa shape index (κ3) is 2.78. The molecule has 0 bridgehead atoms. The van der Waals surface area contributed by atoms with Crippen LogP contribution in [0.25, 0.3) is 6.08 Å². The molecule has 0 spiro atoms. The molecule has 0 fully saturated rings. The second-order valence-corrected chi connectivity index (χ2v) is 5.49. The second-order valence-electron chi connectivity index (χ2n) is 5.49. The molecular formula is C18H17NO5. The maximum Gasteiger partial charge on any atom is 0.248 e. The standard InChI is InChI=1S/C18H17NO5/c1-23-14-8-10(9-15(24-2)18(14)22)7-11-3-5-13-12(17(11)21)4-6-16(20)19-13/h4,6-9,22H,3,5H2,1-2H3,(H,19,20)/b11-7-. The van der Waals surface area contributed by atoms with Gasteiger partial charge in [-0.05, 0) is 42.7 Å². The molecule has 1 aromatic carbocycles. The predicted octanol–water partition coefficient (Wildman–Crippen LogP) is 2.31. The Bertz CT molecular complexity index is 870. The molecule has 3 rings (SSSR count). The zero-order valence-corrected chi connectivity index (χ0v) is 13.4. The van der Waals surface area contributed by atoms with Gasteiger partial charge in [-0.2, -0.15) is 0 Å². The van der Waals surface area contributed by atoms with E-state index in [4.69, 9.17) is 9.47 Å². The third-order valence-corrected chi connectivity index (χ3v) is 4.02. The van der Waals surface area contributed by atoms with Crippen LogP contribution in [0.1, 0.15) is 28.0 Å². The zero-order chi connectivity index (χ0) is 17.3. The summed E-state index contributed by atoms with van der Waals surface area (Å²) in [5, 5.41) is 9.96. The maximum atomic E-state index is 12.6. The van der Waals surface area contributed by atoms with E-state index in [0.717, 1.165) is 0 Å². The summed E-state index contributed by atoms with van der Waals surface area (Å²) >= 11 is 0. The minimum absolute atomic E-state index is 0.0833. The summed E-state index contributed by atoms with van der Waals surface area (Å²) in [6, 6.07) is 6.19. The van der Waals surface area contributed by atoms with Crippen molar-refractivity contribution in [2.24, 2.45) is 0 Å². The van der Waals surface area contributed by atoms with E-state index in [-0.39, 0.29) is 28.6 Å². The van der Waals surface area contributed by atoms with Gasteiger partial charge in [-0.3, -0.25) is 9.59 Å². The van der Waals surface area contributed by atoms with Crippen LogP contribution in [0.4, 0.5) is 0 Å². The van der Waals surface area contributed by atoms with E-state index in [1.165, 1.54) is 20.3 Å². The van der Waals surface area contributed by atoms with E-state index >= 15 is 0 Å². The SMILES string of the molecule is COc1cc(/C=C2/CCc3[nH]c(=O)ccc3C2=O)cc(OC)c1O. The lowest BCUT2D eigenvalue weighted by Crippen LogP contribution is -2.19. The van der Waals surface area contributed by atoms with E-state index in [9.17, 15) is 14.7 Å². The van der Waals surface area contributed by atoms with Crippen LogP contribution < -0.4 is 15.0 Å². The number of hydrogen-bond donors (Lipinski definition) is 2. The van der Waals surface area contributed by atoms with E-state index < -0.39 is 0 Å². The fourth-order valence-corrected chi connectivity index (χ4v) is 2.81. The van der Waals surface area contributed by atoms with Crippen LogP contribution in [0.2, 0.25) is 0 Å². The Labute approximate surface area is 138 Å². The number of methoxy groups -OCH3 is 2. The first-order chi connectivity index (χ1) is 11.5. The van der Waals surface area contributed by atoms with Crippen LogP contribution >= 0.6 is 0 Å². The molecule has 1 heterocycles. The lowest BCUT2D eigenvalue weighted by molar-refractivity contribution is 0.102. The van der Waals surface area contributed by atoms with Crippen molar-refractivity contribution in [2.45, 2.75) is 12.8 Å². The first-order valence-corrected chi connectivity index (χ1v) is 7.46. The van der Waals surface area contributed by atoms with Crippen molar-refractivity contribution < 1.29 is 19.4 Å².